The molecule has 0 aliphatic carbocycles. The van der Waals surface area contributed by atoms with Crippen molar-refractivity contribution >= 4 is 23.4 Å². The first kappa shape index (κ1) is 9.87. The lowest BCUT2D eigenvalue weighted by molar-refractivity contribution is 1.06. The molecule has 1 aromatic rings. The fourth-order valence-corrected chi connectivity index (χ4v) is 2.05. The van der Waals surface area contributed by atoms with Gasteiger partial charge in [-0.25, -0.2) is 4.98 Å². The molecule has 1 aromatic heterocycles. The number of thioether (sulfide) groups is 1. The standard InChI is InChI=1S/C9H12ClNS/c1-8-4-2-6-11-9(8)12-7-3-5-10/h2,4,6H,3,5,7H2,1H3. The van der Waals surface area contributed by atoms with E-state index >= 15 is 0 Å². The van der Waals surface area contributed by atoms with Gasteiger partial charge in [-0.05, 0) is 25.0 Å². The summed E-state index contributed by atoms with van der Waals surface area (Å²) >= 11 is 7.35. The van der Waals surface area contributed by atoms with Gasteiger partial charge in [-0.2, -0.15) is 0 Å². The summed E-state index contributed by atoms with van der Waals surface area (Å²) in [4.78, 5) is 4.27. The van der Waals surface area contributed by atoms with Crippen molar-refractivity contribution < 1.29 is 0 Å². The second-order valence-corrected chi connectivity index (χ2v) is 3.98. The molecule has 0 unspecified atom stereocenters. The molecule has 0 amide bonds. The minimum absolute atomic E-state index is 0.735. The first-order chi connectivity index (χ1) is 5.84. The topological polar surface area (TPSA) is 12.9 Å². The highest BCUT2D eigenvalue weighted by molar-refractivity contribution is 7.99. The first-order valence-electron chi connectivity index (χ1n) is 3.95. The van der Waals surface area contributed by atoms with Crippen LogP contribution in [-0.4, -0.2) is 16.6 Å². The van der Waals surface area contributed by atoms with E-state index in [0.717, 1.165) is 23.1 Å². The summed E-state index contributed by atoms with van der Waals surface area (Å²) in [6, 6.07) is 4.04. The number of alkyl halides is 1. The fraction of sp³-hybridized carbons (Fsp3) is 0.444. The van der Waals surface area contributed by atoms with E-state index in [-0.39, 0.29) is 0 Å². The molecule has 0 spiro atoms. The average molecular weight is 202 g/mol. The molecular weight excluding hydrogens is 190 g/mol. The Morgan fingerprint density at radius 2 is 2.42 bits per heavy atom. The molecule has 3 heteroatoms. The van der Waals surface area contributed by atoms with Crippen LogP contribution in [0.5, 0.6) is 0 Å². The third kappa shape index (κ3) is 3.03. The zero-order chi connectivity index (χ0) is 8.81. The van der Waals surface area contributed by atoms with E-state index in [1.165, 1.54) is 5.56 Å². The summed E-state index contributed by atoms with van der Waals surface area (Å²) in [6.45, 7) is 2.08. The van der Waals surface area contributed by atoms with Gasteiger partial charge >= 0.3 is 0 Å². The van der Waals surface area contributed by atoms with Crippen LogP contribution >= 0.6 is 23.4 Å². The molecule has 0 bridgehead atoms. The summed E-state index contributed by atoms with van der Waals surface area (Å²) in [5, 5.41) is 1.13. The summed E-state index contributed by atoms with van der Waals surface area (Å²) in [6.07, 6.45) is 2.87. The number of halogens is 1. The van der Waals surface area contributed by atoms with E-state index in [1.807, 2.05) is 12.3 Å². The third-order valence-electron chi connectivity index (χ3n) is 1.48. The van der Waals surface area contributed by atoms with Crippen LogP contribution in [0.3, 0.4) is 0 Å². The Hall–Kier alpha value is -0.210. The smallest absolute Gasteiger partial charge is 0.0988 e. The van der Waals surface area contributed by atoms with Gasteiger partial charge in [0.2, 0.25) is 0 Å². The Kier molecular flexibility index (Phi) is 4.48. The number of hydrogen-bond donors (Lipinski definition) is 0. The zero-order valence-corrected chi connectivity index (χ0v) is 8.66. The molecule has 0 aromatic carbocycles. The van der Waals surface area contributed by atoms with E-state index in [0.29, 0.717) is 0 Å². The molecule has 0 saturated heterocycles. The molecule has 66 valence electrons. The van der Waals surface area contributed by atoms with Crippen LogP contribution in [-0.2, 0) is 0 Å². The van der Waals surface area contributed by atoms with Gasteiger partial charge in [-0.1, -0.05) is 6.07 Å². The van der Waals surface area contributed by atoms with Crippen LogP contribution in [0.15, 0.2) is 23.4 Å². The van der Waals surface area contributed by atoms with Crippen molar-refractivity contribution in [3.63, 3.8) is 0 Å². The molecule has 0 aliphatic heterocycles. The highest BCUT2D eigenvalue weighted by Gasteiger charge is 1.97. The molecular formula is C9H12ClNS. The monoisotopic (exact) mass is 201 g/mol. The maximum atomic E-state index is 5.57. The van der Waals surface area contributed by atoms with Gasteiger partial charge in [0.25, 0.3) is 0 Å². The highest BCUT2D eigenvalue weighted by atomic mass is 35.5. The van der Waals surface area contributed by atoms with E-state index in [4.69, 9.17) is 11.6 Å². The third-order valence-corrected chi connectivity index (χ3v) is 2.94. The van der Waals surface area contributed by atoms with Gasteiger partial charge in [0.1, 0.15) is 0 Å². The molecule has 1 heterocycles. The van der Waals surface area contributed by atoms with Gasteiger partial charge in [-0.3, -0.25) is 0 Å². The van der Waals surface area contributed by atoms with E-state index in [9.17, 15) is 0 Å². The van der Waals surface area contributed by atoms with Crippen LogP contribution in [0.1, 0.15) is 12.0 Å². The van der Waals surface area contributed by atoms with Gasteiger partial charge in [-0.15, -0.1) is 23.4 Å². The number of nitrogens with zero attached hydrogens (tertiary/aromatic N) is 1. The summed E-state index contributed by atoms with van der Waals surface area (Å²) in [5.74, 6) is 1.79. The Balaban J connectivity index is 2.46. The van der Waals surface area contributed by atoms with Crippen molar-refractivity contribution in [3.8, 4) is 0 Å². The van der Waals surface area contributed by atoms with Crippen molar-refractivity contribution in [1.29, 1.82) is 0 Å². The van der Waals surface area contributed by atoms with Crippen molar-refractivity contribution in [1.82, 2.24) is 4.98 Å². The predicted octanol–water partition coefficient (Wildman–Crippen LogP) is 3.11. The molecule has 12 heavy (non-hydrogen) atoms. The largest absolute Gasteiger partial charge is 0.250 e. The molecule has 0 N–H and O–H groups in total. The van der Waals surface area contributed by atoms with Crippen molar-refractivity contribution in [2.45, 2.75) is 18.4 Å². The van der Waals surface area contributed by atoms with Crippen LogP contribution in [0.2, 0.25) is 0 Å². The van der Waals surface area contributed by atoms with Crippen LogP contribution in [0.4, 0.5) is 0 Å². The summed E-state index contributed by atoms with van der Waals surface area (Å²) in [5.41, 5.74) is 1.25. The summed E-state index contributed by atoms with van der Waals surface area (Å²) < 4.78 is 0. The molecule has 1 rings (SSSR count). The molecule has 0 radical (unpaired) electrons. The SMILES string of the molecule is Cc1cccnc1SCCCCl. The first-order valence-corrected chi connectivity index (χ1v) is 5.47. The second kappa shape index (κ2) is 5.44. The molecule has 0 saturated carbocycles. The van der Waals surface area contributed by atoms with Crippen molar-refractivity contribution in [2.75, 3.05) is 11.6 Å². The van der Waals surface area contributed by atoms with Gasteiger partial charge in [0.05, 0.1) is 5.03 Å². The number of aromatic nitrogens is 1. The Labute approximate surface area is 82.5 Å². The number of hydrogen-bond acceptors (Lipinski definition) is 2. The van der Waals surface area contributed by atoms with Gasteiger partial charge in [0, 0.05) is 17.8 Å². The highest BCUT2D eigenvalue weighted by Crippen LogP contribution is 2.19. The molecule has 0 aliphatic rings. The van der Waals surface area contributed by atoms with Crippen LogP contribution < -0.4 is 0 Å². The predicted molar refractivity (Wildman–Crippen MR) is 55.0 cm³/mol. The fourth-order valence-electron chi connectivity index (χ4n) is 0.846. The Morgan fingerprint density at radius 1 is 1.58 bits per heavy atom. The quantitative estimate of drug-likeness (QED) is 0.422. The van der Waals surface area contributed by atoms with Gasteiger partial charge < -0.3 is 0 Å². The Morgan fingerprint density at radius 3 is 3.08 bits per heavy atom. The van der Waals surface area contributed by atoms with Crippen molar-refractivity contribution in [2.24, 2.45) is 0 Å². The van der Waals surface area contributed by atoms with Crippen LogP contribution in [0, 0.1) is 6.92 Å². The van der Waals surface area contributed by atoms with E-state index in [2.05, 4.69) is 18.0 Å². The van der Waals surface area contributed by atoms with E-state index < -0.39 is 0 Å². The lowest BCUT2D eigenvalue weighted by atomic mass is 10.3. The van der Waals surface area contributed by atoms with E-state index in [1.54, 1.807) is 11.8 Å². The minimum atomic E-state index is 0.735. The number of pyridine rings is 1. The molecule has 0 atom stereocenters. The Bertz CT molecular complexity index is 240. The lowest BCUT2D eigenvalue weighted by Gasteiger charge is -2.01. The van der Waals surface area contributed by atoms with Crippen LogP contribution in [0.25, 0.3) is 0 Å². The second-order valence-electron chi connectivity index (χ2n) is 2.52. The normalized spacial score (nSPS) is 10.2. The summed E-state index contributed by atoms with van der Waals surface area (Å²) in [7, 11) is 0. The number of aryl methyl sites for hydroxylation is 1. The number of rotatable bonds is 4. The van der Waals surface area contributed by atoms with Gasteiger partial charge in [0.15, 0.2) is 0 Å². The average Bonchev–Trinajstić information content (AvgIpc) is 2.09. The zero-order valence-electron chi connectivity index (χ0n) is 7.09. The van der Waals surface area contributed by atoms with Crippen molar-refractivity contribution in [3.05, 3.63) is 23.9 Å². The minimum Gasteiger partial charge on any atom is -0.250 e. The molecule has 0 fully saturated rings. The maximum Gasteiger partial charge on any atom is 0.0988 e. The molecule has 1 nitrogen and oxygen atoms in total. The lowest BCUT2D eigenvalue weighted by Crippen LogP contribution is -1.86. The maximum absolute atomic E-state index is 5.57.